The number of rotatable bonds is 2. The van der Waals surface area contributed by atoms with E-state index in [1.54, 1.807) is 18.2 Å². The average molecular weight is 369 g/mol. The summed E-state index contributed by atoms with van der Waals surface area (Å²) in [4.78, 5) is 12.4. The van der Waals surface area contributed by atoms with Gasteiger partial charge in [-0.2, -0.15) is 0 Å². The van der Waals surface area contributed by atoms with Crippen molar-refractivity contribution >= 4 is 43.3 Å². The lowest BCUT2D eigenvalue weighted by molar-refractivity contribution is 0.103. The molecule has 0 aliphatic heterocycles. The molecule has 2 N–H and O–H groups in total. The Kier molecular flexibility index (Phi) is 3.88. The maximum absolute atomic E-state index is 12.4. The van der Waals surface area contributed by atoms with Crippen LogP contribution in [0.4, 0.5) is 5.69 Å². The molecule has 4 heteroatoms. The molecule has 0 amide bonds. The Labute approximate surface area is 122 Å². The molecular formula is C14H11Br2NO. The van der Waals surface area contributed by atoms with Gasteiger partial charge in [0.05, 0.1) is 0 Å². The summed E-state index contributed by atoms with van der Waals surface area (Å²) in [6.07, 6.45) is 0. The Morgan fingerprint density at radius 1 is 1.06 bits per heavy atom. The molecule has 92 valence electrons. The largest absolute Gasteiger partial charge is 0.399 e. The number of aryl methyl sites for hydroxylation is 1. The van der Waals surface area contributed by atoms with E-state index >= 15 is 0 Å². The van der Waals surface area contributed by atoms with Crippen molar-refractivity contribution in [1.82, 2.24) is 0 Å². The van der Waals surface area contributed by atoms with Gasteiger partial charge < -0.3 is 5.73 Å². The number of hydrogen-bond donors (Lipinski definition) is 1. The van der Waals surface area contributed by atoms with E-state index < -0.39 is 0 Å². The maximum Gasteiger partial charge on any atom is 0.193 e. The van der Waals surface area contributed by atoms with Gasteiger partial charge >= 0.3 is 0 Å². The van der Waals surface area contributed by atoms with Crippen LogP contribution in [-0.4, -0.2) is 5.78 Å². The molecule has 0 aliphatic carbocycles. The van der Waals surface area contributed by atoms with Crippen LogP contribution < -0.4 is 5.73 Å². The lowest BCUT2D eigenvalue weighted by atomic mass is 9.99. The SMILES string of the molecule is Cc1cc(N)ccc1C(=O)c1cc(Br)cc(Br)c1. The molecule has 0 spiro atoms. The molecule has 2 aromatic rings. The molecule has 18 heavy (non-hydrogen) atoms. The summed E-state index contributed by atoms with van der Waals surface area (Å²) < 4.78 is 1.74. The third kappa shape index (κ3) is 2.82. The number of hydrogen-bond acceptors (Lipinski definition) is 2. The second-order valence-corrected chi connectivity index (χ2v) is 5.89. The van der Waals surface area contributed by atoms with Crippen LogP contribution in [0.3, 0.4) is 0 Å². The second kappa shape index (κ2) is 5.24. The highest BCUT2D eigenvalue weighted by atomic mass is 79.9. The van der Waals surface area contributed by atoms with E-state index in [1.807, 2.05) is 25.1 Å². The molecule has 0 saturated heterocycles. The van der Waals surface area contributed by atoms with Crippen molar-refractivity contribution in [2.45, 2.75) is 6.92 Å². The van der Waals surface area contributed by atoms with Crippen LogP contribution in [0.25, 0.3) is 0 Å². The van der Waals surface area contributed by atoms with Gasteiger partial charge in [-0.3, -0.25) is 4.79 Å². The van der Waals surface area contributed by atoms with Crippen LogP contribution in [0.1, 0.15) is 21.5 Å². The quantitative estimate of drug-likeness (QED) is 0.633. The van der Waals surface area contributed by atoms with Crippen LogP contribution in [0.2, 0.25) is 0 Å². The van der Waals surface area contributed by atoms with Gasteiger partial charge in [-0.05, 0) is 48.9 Å². The Balaban J connectivity index is 2.47. The fourth-order valence-electron chi connectivity index (χ4n) is 1.78. The molecule has 0 fully saturated rings. The normalized spacial score (nSPS) is 10.4. The van der Waals surface area contributed by atoms with Crippen molar-refractivity contribution in [3.05, 3.63) is 62.0 Å². The van der Waals surface area contributed by atoms with Gasteiger partial charge in [0.25, 0.3) is 0 Å². The first kappa shape index (κ1) is 13.3. The standard InChI is InChI=1S/C14H11Br2NO/c1-8-4-12(17)2-3-13(8)14(18)9-5-10(15)7-11(16)6-9/h2-7H,17H2,1H3. The van der Waals surface area contributed by atoms with Crippen molar-refractivity contribution in [1.29, 1.82) is 0 Å². The molecule has 2 rings (SSSR count). The third-order valence-corrected chi connectivity index (χ3v) is 3.54. The summed E-state index contributed by atoms with van der Waals surface area (Å²) in [6.45, 7) is 1.89. The van der Waals surface area contributed by atoms with Gasteiger partial charge in [0.15, 0.2) is 5.78 Å². The summed E-state index contributed by atoms with van der Waals surface area (Å²) in [7, 11) is 0. The van der Waals surface area contributed by atoms with Gasteiger partial charge in [-0.25, -0.2) is 0 Å². The number of ketones is 1. The predicted molar refractivity (Wildman–Crippen MR) is 80.9 cm³/mol. The molecule has 0 aliphatic rings. The molecule has 0 heterocycles. The maximum atomic E-state index is 12.4. The fourth-order valence-corrected chi connectivity index (χ4v) is 3.08. The van der Waals surface area contributed by atoms with Crippen LogP contribution in [0.5, 0.6) is 0 Å². The van der Waals surface area contributed by atoms with Crippen molar-refractivity contribution in [3.8, 4) is 0 Å². The first-order valence-corrected chi connectivity index (χ1v) is 6.93. The highest BCUT2D eigenvalue weighted by molar-refractivity contribution is 9.11. The fraction of sp³-hybridized carbons (Fsp3) is 0.0714. The minimum Gasteiger partial charge on any atom is -0.399 e. The van der Waals surface area contributed by atoms with Gasteiger partial charge in [0.1, 0.15) is 0 Å². The average Bonchev–Trinajstić information content (AvgIpc) is 2.26. The minimum atomic E-state index is -0.00509. The Morgan fingerprint density at radius 3 is 2.22 bits per heavy atom. The minimum absolute atomic E-state index is 0.00509. The number of halogens is 2. The predicted octanol–water partition coefficient (Wildman–Crippen LogP) is 4.33. The molecule has 0 saturated carbocycles. The molecular weight excluding hydrogens is 358 g/mol. The van der Waals surface area contributed by atoms with Gasteiger partial charge in [-0.15, -0.1) is 0 Å². The van der Waals surface area contributed by atoms with E-state index in [0.717, 1.165) is 14.5 Å². The van der Waals surface area contributed by atoms with E-state index in [-0.39, 0.29) is 5.78 Å². The summed E-state index contributed by atoms with van der Waals surface area (Å²) in [5.74, 6) is -0.00509. The summed E-state index contributed by atoms with van der Waals surface area (Å²) in [5, 5.41) is 0. The van der Waals surface area contributed by atoms with E-state index in [0.29, 0.717) is 16.8 Å². The van der Waals surface area contributed by atoms with E-state index in [4.69, 9.17) is 5.73 Å². The Hall–Kier alpha value is -1.13. The highest BCUT2D eigenvalue weighted by Crippen LogP contribution is 2.23. The second-order valence-electron chi connectivity index (χ2n) is 4.06. The third-order valence-electron chi connectivity index (χ3n) is 2.62. The van der Waals surface area contributed by atoms with Crippen molar-refractivity contribution in [2.75, 3.05) is 5.73 Å². The van der Waals surface area contributed by atoms with E-state index in [1.165, 1.54) is 0 Å². The molecule has 0 atom stereocenters. The van der Waals surface area contributed by atoms with Gasteiger partial charge in [-0.1, -0.05) is 31.9 Å². The first-order chi connectivity index (χ1) is 8.47. The van der Waals surface area contributed by atoms with E-state index in [9.17, 15) is 4.79 Å². The number of anilines is 1. The van der Waals surface area contributed by atoms with Crippen molar-refractivity contribution < 1.29 is 4.79 Å². The Morgan fingerprint density at radius 2 is 1.67 bits per heavy atom. The number of carbonyl (C=O) groups excluding carboxylic acids is 1. The first-order valence-electron chi connectivity index (χ1n) is 5.34. The monoisotopic (exact) mass is 367 g/mol. The zero-order valence-electron chi connectivity index (χ0n) is 9.71. The molecule has 2 nitrogen and oxygen atoms in total. The number of carbonyl (C=O) groups is 1. The topological polar surface area (TPSA) is 43.1 Å². The van der Waals surface area contributed by atoms with Crippen LogP contribution >= 0.6 is 31.9 Å². The van der Waals surface area contributed by atoms with Crippen molar-refractivity contribution in [3.63, 3.8) is 0 Å². The zero-order chi connectivity index (χ0) is 13.3. The molecule has 0 unspecified atom stereocenters. The molecule has 2 aromatic carbocycles. The van der Waals surface area contributed by atoms with Crippen LogP contribution in [0, 0.1) is 6.92 Å². The Bertz CT molecular complexity index is 603. The molecule has 0 radical (unpaired) electrons. The van der Waals surface area contributed by atoms with Crippen LogP contribution in [0.15, 0.2) is 45.3 Å². The lowest BCUT2D eigenvalue weighted by Crippen LogP contribution is -2.04. The highest BCUT2D eigenvalue weighted by Gasteiger charge is 2.13. The summed E-state index contributed by atoms with van der Waals surface area (Å²) in [6, 6.07) is 10.8. The summed E-state index contributed by atoms with van der Waals surface area (Å²) in [5.41, 5.74) is 8.56. The number of benzene rings is 2. The zero-order valence-corrected chi connectivity index (χ0v) is 12.9. The lowest BCUT2D eigenvalue weighted by Gasteiger charge is -2.07. The molecule has 0 aromatic heterocycles. The number of nitrogens with two attached hydrogens (primary N) is 1. The molecule has 0 bridgehead atoms. The van der Waals surface area contributed by atoms with Crippen molar-refractivity contribution in [2.24, 2.45) is 0 Å². The van der Waals surface area contributed by atoms with E-state index in [2.05, 4.69) is 31.9 Å². The van der Waals surface area contributed by atoms with Crippen LogP contribution in [-0.2, 0) is 0 Å². The smallest absolute Gasteiger partial charge is 0.193 e. The van der Waals surface area contributed by atoms with Gasteiger partial charge in [0.2, 0.25) is 0 Å². The number of nitrogen functional groups attached to an aromatic ring is 1. The summed E-state index contributed by atoms with van der Waals surface area (Å²) >= 11 is 6.76. The van der Waals surface area contributed by atoms with Gasteiger partial charge in [0, 0.05) is 25.8 Å².